The van der Waals surface area contributed by atoms with E-state index in [1.807, 2.05) is 0 Å². The zero-order chi connectivity index (χ0) is 16.2. The molecule has 4 nitrogen and oxygen atoms in total. The lowest BCUT2D eigenvalue weighted by molar-refractivity contribution is 0.291. The van der Waals surface area contributed by atoms with Gasteiger partial charge in [0.25, 0.3) is 10.0 Å². The molecule has 1 N–H and O–H groups in total. The van der Waals surface area contributed by atoms with Crippen molar-refractivity contribution in [2.75, 3.05) is 17.5 Å². The van der Waals surface area contributed by atoms with E-state index in [2.05, 4.69) is 0 Å². The molecule has 0 fully saturated rings. The summed E-state index contributed by atoms with van der Waals surface area (Å²) in [4.78, 5) is -0.0909. The fourth-order valence-corrected chi connectivity index (χ4v) is 3.80. The third-order valence-electron chi connectivity index (χ3n) is 3.17. The molecule has 0 aliphatic carbocycles. The van der Waals surface area contributed by atoms with Gasteiger partial charge in [-0.2, -0.15) is 0 Å². The Morgan fingerprint density at radius 1 is 1.14 bits per heavy atom. The van der Waals surface area contributed by atoms with E-state index in [1.165, 1.54) is 16.4 Å². The molecule has 118 valence electrons. The van der Waals surface area contributed by atoms with Crippen molar-refractivity contribution < 1.29 is 17.9 Å². The van der Waals surface area contributed by atoms with Gasteiger partial charge in [0.15, 0.2) is 0 Å². The second-order valence-corrected chi connectivity index (χ2v) is 6.82. The van der Waals surface area contributed by atoms with E-state index in [1.54, 1.807) is 37.3 Å². The number of rotatable bonds is 6. The van der Waals surface area contributed by atoms with Gasteiger partial charge in [0.2, 0.25) is 0 Å². The summed E-state index contributed by atoms with van der Waals surface area (Å²) < 4.78 is 40.4. The molecular weight excluding hydrogens is 305 g/mol. The second-order valence-electron chi connectivity index (χ2n) is 4.95. The second kappa shape index (κ2) is 6.89. The summed E-state index contributed by atoms with van der Waals surface area (Å²) in [7, 11) is -3.89. The average Bonchev–Trinajstić information content (AvgIpc) is 2.47. The van der Waals surface area contributed by atoms with Gasteiger partial charge in [-0.05, 0) is 49.2 Å². The fourth-order valence-electron chi connectivity index (χ4n) is 2.18. The van der Waals surface area contributed by atoms with Crippen molar-refractivity contribution in [3.05, 3.63) is 59.9 Å². The van der Waals surface area contributed by atoms with Crippen molar-refractivity contribution in [3.8, 4) is 0 Å². The summed E-state index contributed by atoms with van der Waals surface area (Å²) in [5.41, 5.74) is 1.02. The van der Waals surface area contributed by atoms with Crippen molar-refractivity contribution in [1.82, 2.24) is 0 Å². The number of sulfonamides is 1. The predicted molar refractivity (Wildman–Crippen MR) is 83.8 cm³/mol. The van der Waals surface area contributed by atoms with Crippen LogP contribution >= 0.6 is 0 Å². The quantitative estimate of drug-likeness (QED) is 0.889. The molecule has 6 heteroatoms. The predicted octanol–water partition coefficient (Wildman–Crippen LogP) is 2.71. The van der Waals surface area contributed by atoms with Crippen LogP contribution in [0.2, 0.25) is 0 Å². The van der Waals surface area contributed by atoms with Crippen molar-refractivity contribution >= 4 is 15.7 Å². The molecule has 0 radical (unpaired) electrons. The number of halogens is 1. The van der Waals surface area contributed by atoms with E-state index in [-0.39, 0.29) is 18.0 Å². The first-order valence-electron chi connectivity index (χ1n) is 6.91. The van der Waals surface area contributed by atoms with Crippen LogP contribution in [0.15, 0.2) is 53.4 Å². The smallest absolute Gasteiger partial charge is 0.264 e. The highest BCUT2D eigenvalue weighted by Crippen LogP contribution is 2.25. The van der Waals surface area contributed by atoms with Crippen LogP contribution in [0, 0.1) is 12.7 Å². The zero-order valence-corrected chi connectivity index (χ0v) is 13.1. The number of hydrogen-bond donors (Lipinski definition) is 1. The molecule has 0 bridgehead atoms. The van der Waals surface area contributed by atoms with Crippen LogP contribution in [-0.2, 0) is 10.0 Å². The molecule has 2 rings (SSSR count). The van der Waals surface area contributed by atoms with Crippen LogP contribution in [-0.4, -0.2) is 26.7 Å². The molecule has 22 heavy (non-hydrogen) atoms. The minimum Gasteiger partial charge on any atom is -0.396 e. The molecule has 0 heterocycles. The van der Waals surface area contributed by atoms with Crippen molar-refractivity contribution in [1.29, 1.82) is 0 Å². The number of aryl methyl sites for hydroxylation is 1. The van der Waals surface area contributed by atoms with Crippen LogP contribution in [0.3, 0.4) is 0 Å². The Balaban J connectivity index is 2.49. The monoisotopic (exact) mass is 323 g/mol. The molecule has 2 aromatic rings. The third kappa shape index (κ3) is 3.64. The lowest BCUT2D eigenvalue weighted by Gasteiger charge is -2.24. The van der Waals surface area contributed by atoms with Crippen LogP contribution in [0.4, 0.5) is 10.1 Å². The van der Waals surface area contributed by atoms with Gasteiger partial charge in [0.05, 0.1) is 10.6 Å². The zero-order valence-electron chi connectivity index (χ0n) is 12.2. The Bertz CT molecular complexity index is 712. The number of benzene rings is 2. The minimum absolute atomic E-state index is 0.0909. The van der Waals surface area contributed by atoms with Crippen LogP contribution in [0.25, 0.3) is 0 Å². The maximum Gasteiger partial charge on any atom is 0.264 e. The first kappa shape index (κ1) is 16.5. The maximum absolute atomic E-state index is 13.6. The van der Waals surface area contributed by atoms with Crippen molar-refractivity contribution in [2.24, 2.45) is 0 Å². The maximum atomic E-state index is 13.6. The van der Waals surface area contributed by atoms with E-state index < -0.39 is 15.8 Å². The first-order chi connectivity index (χ1) is 10.4. The standard InChI is InChI=1S/C16H18FNO3S/c1-13-10-14(17)12-16(11-13)22(20,21)18(8-5-9-19)15-6-3-2-4-7-15/h2-4,6-7,10-12,19H,5,8-9H2,1H3. The molecule has 0 aliphatic rings. The molecule has 0 saturated heterocycles. The van der Waals surface area contributed by atoms with Gasteiger partial charge in [0, 0.05) is 13.2 Å². The van der Waals surface area contributed by atoms with E-state index >= 15 is 0 Å². The van der Waals surface area contributed by atoms with Crippen molar-refractivity contribution in [3.63, 3.8) is 0 Å². The summed E-state index contributed by atoms with van der Waals surface area (Å²) in [6.45, 7) is 1.64. The number of hydrogen-bond acceptors (Lipinski definition) is 3. The minimum atomic E-state index is -3.89. The summed E-state index contributed by atoms with van der Waals surface area (Å²) in [6.07, 6.45) is 0.294. The number of aliphatic hydroxyl groups excluding tert-OH is 1. The molecule has 0 saturated carbocycles. The van der Waals surface area contributed by atoms with Gasteiger partial charge in [-0.15, -0.1) is 0 Å². The summed E-state index contributed by atoms with van der Waals surface area (Å²) in [5.74, 6) is -0.589. The highest BCUT2D eigenvalue weighted by atomic mass is 32.2. The lowest BCUT2D eigenvalue weighted by atomic mass is 10.2. The van der Waals surface area contributed by atoms with Crippen LogP contribution in [0.1, 0.15) is 12.0 Å². The SMILES string of the molecule is Cc1cc(F)cc(S(=O)(=O)N(CCCO)c2ccccc2)c1. The Labute approximate surface area is 129 Å². The van der Waals surface area contributed by atoms with E-state index in [4.69, 9.17) is 5.11 Å². The number of anilines is 1. The highest BCUT2D eigenvalue weighted by Gasteiger charge is 2.25. The Kier molecular flexibility index (Phi) is 5.15. The molecule has 0 spiro atoms. The molecule has 2 aromatic carbocycles. The van der Waals surface area contributed by atoms with E-state index in [0.29, 0.717) is 17.7 Å². The average molecular weight is 323 g/mol. The number of nitrogens with zero attached hydrogens (tertiary/aromatic N) is 1. The normalized spacial score (nSPS) is 11.4. The number of para-hydroxylation sites is 1. The summed E-state index contributed by atoms with van der Waals surface area (Å²) >= 11 is 0. The topological polar surface area (TPSA) is 57.6 Å². The van der Waals surface area contributed by atoms with Gasteiger partial charge < -0.3 is 5.11 Å². The summed E-state index contributed by atoms with van der Waals surface area (Å²) in [5, 5.41) is 9.01. The molecule has 0 atom stereocenters. The fraction of sp³-hybridized carbons (Fsp3) is 0.250. The Morgan fingerprint density at radius 3 is 2.41 bits per heavy atom. The lowest BCUT2D eigenvalue weighted by Crippen LogP contribution is -2.32. The Morgan fingerprint density at radius 2 is 1.82 bits per heavy atom. The molecule has 0 amide bonds. The molecule has 0 aliphatic heterocycles. The largest absolute Gasteiger partial charge is 0.396 e. The molecule has 0 unspecified atom stereocenters. The van der Waals surface area contributed by atoms with E-state index in [9.17, 15) is 12.8 Å². The van der Waals surface area contributed by atoms with Crippen LogP contribution < -0.4 is 4.31 Å². The molecule has 0 aromatic heterocycles. The van der Waals surface area contributed by atoms with Crippen molar-refractivity contribution in [2.45, 2.75) is 18.2 Å². The van der Waals surface area contributed by atoms with Gasteiger partial charge in [0.1, 0.15) is 5.82 Å². The summed E-state index contributed by atoms with van der Waals surface area (Å²) in [6, 6.07) is 12.3. The van der Waals surface area contributed by atoms with Gasteiger partial charge in [-0.25, -0.2) is 12.8 Å². The third-order valence-corrected chi connectivity index (χ3v) is 4.97. The highest BCUT2D eigenvalue weighted by molar-refractivity contribution is 7.92. The Hall–Kier alpha value is -1.92. The van der Waals surface area contributed by atoms with Crippen LogP contribution in [0.5, 0.6) is 0 Å². The van der Waals surface area contributed by atoms with Gasteiger partial charge in [-0.3, -0.25) is 4.31 Å². The van der Waals surface area contributed by atoms with E-state index in [0.717, 1.165) is 6.07 Å². The first-order valence-corrected chi connectivity index (χ1v) is 8.35. The van der Waals surface area contributed by atoms with Gasteiger partial charge >= 0.3 is 0 Å². The number of aliphatic hydroxyl groups is 1. The molecular formula is C16H18FNO3S. The van der Waals surface area contributed by atoms with Gasteiger partial charge in [-0.1, -0.05) is 18.2 Å².